The van der Waals surface area contributed by atoms with E-state index in [9.17, 15) is 14.7 Å². The third-order valence-corrected chi connectivity index (χ3v) is 5.19. The number of aliphatic carboxylic acids is 1. The first-order valence-electron chi connectivity index (χ1n) is 7.00. The van der Waals surface area contributed by atoms with Crippen LogP contribution >= 0.6 is 11.8 Å². The summed E-state index contributed by atoms with van der Waals surface area (Å²) in [5.74, 6) is 0.185. The Balaban J connectivity index is 1.91. The first-order chi connectivity index (χ1) is 9.15. The fraction of sp³-hybridized carbons (Fsp3) is 0.846. The Labute approximate surface area is 117 Å². The molecule has 6 heteroatoms. The maximum atomic E-state index is 12.3. The van der Waals surface area contributed by atoms with Gasteiger partial charge < -0.3 is 15.7 Å². The molecule has 0 aromatic heterocycles. The Morgan fingerprint density at radius 1 is 1.26 bits per heavy atom. The zero-order chi connectivity index (χ0) is 13.8. The predicted molar refractivity (Wildman–Crippen MR) is 74.8 cm³/mol. The Hall–Kier alpha value is -0.750. The third-order valence-electron chi connectivity index (χ3n) is 3.73. The van der Waals surface area contributed by atoms with Crippen LogP contribution < -0.4 is 5.73 Å². The van der Waals surface area contributed by atoms with Crippen LogP contribution in [-0.4, -0.2) is 45.6 Å². The summed E-state index contributed by atoms with van der Waals surface area (Å²) in [6.45, 7) is 0.649. The van der Waals surface area contributed by atoms with Crippen LogP contribution in [0.3, 0.4) is 0 Å². The smallest absolute Gasteiger partial charge is 0.327 e. The molecule has 19 heavy (non-hydrogen) atoms. The highest BCUT2D eigenvalue weighted by molar-refractivity contribution is 8.00. The van der Waals surface area contributed by atoms with Gasteiger partial charge in [0, 0.05) is 12.2 Å². The molecule has 1 saturated heterocycles. The van der Waals surface area contributed by atoms with Gasteiger partial charge in [-0.05, 0) is 38.1 Å². The fourth-order valence-electron chi connectivity index (χ4n) is 2.50. The second-order valence-corrected chi connectivity index (χ2v) is 6.47. The summed E-state index contributed by atoms with van der Waals surface area (Å²) in [7, 11) is 0. The normalized spacial score (nSPS) is 26.7. The molecule has 0 bridgehead atoms. The van der Waals surface area contributed by atoms with Gasteiger partial charge in [0.2, 0.25) is 5.91 Å². The number of thioether (sulfide) groups is 1. The van der Waals surface area contributed by atoms with E-state index in [2.05, 4.69) is 0 Å². The largest absolute Gasteiger partial charge is 0.480 e. The number of carboxylic acid groups (broad SMARTS) is 1. The predicted octanol–water partition coefficient (Wildman–Crippen LogP) is 1.27. The number of hydrogen-bond acceptors (Lipinski definition) is 4. The molecular weight excluding hydrogens is 264 g/mol. The van der Waals surface area contributed by atoms with Crippen molar-refractivity contribution < 1.29 is 14.7 Å². The average molecular weight is 286 g/mol. The van der Waals surface area contributed by atoms with Gasteiger partial charge in [0.05, 0.1) is 5.37 Å². The molecule has 1 aliphatic carbocycles. The lowest BCUT2D eigenvalue weighted by Crippen LogP contribution is -2.46. The number of carboxylic acids is 1. The van der Waals surface area contributed by atoms with Crippen LogP contribution in [0.15, 0.2) is 0 Å². The van der Waals surface area contributed by atoms with Crippen molar-refractivity contribution in [2.24, 2.45) is 11.7 Å². The van der Waals surface area contributed by atoms with Gasteiger partial charge in [0.15, 0.2) is 0 Å². The molecule has 0 aromatic rings. The quantitative estimate of drug-likeness (QED) is 0.689. The Morgan fingerprint density at radius 3 is 2.58 bits per heavy atom. The molecule has 0 aromatic carbocycles. The van der Waals surface area contributed by atoms with Gasteiger partial charge >= 0.3 is 5.97 Å². The second kappa shape index (κ2) is 6.61. The van der Waals surface area contributed by atoms with Crippen molar-refractivity contribution in [3.05, 3.63) is 0 Å². The van der Waals surface area contributed by atoms with Crippen LogP contribution in [0.5, 0.6) is 0 Å². The van der Waals surface area contributed by atoms with Crippen LogP contribution in [-0.2, 0) is 9.59 Å². The minimum absolute atomic E-state index is 0.00585. The summed E-state index contributed by atoms with van der Waals surface area (Å²) in [6, 6.07) is -0.627. The molecule has 2 fully saturated rings. The van der Waals surface area contributed by atoms with E-state index in [-0.39, 0.29) is 11.3 Å². The van der Waals surface area contributed by atoms with Gasteiger partial charge in [-0.2, -0.15) is 0 Å². The van der Waals surface area contributed by atoms with E-state index in [1.807, 2.05) is 0 Å². The zero-order valence-corrected chi connectivity index (χ0v) is 11.9. The summed E-state index contributed by atoms with van der Waals surface area (Å²) < 4.78 is 0. The van der Waals surface area contributed by atoms with Crippen LogP contribution in [0.4, 0.5) is 0 Å². The fourth-order valence-corrected chi connectivity index (χ4v) is 4.16. The standard InChI is InChI=1S/C13H22N2O3S/c14-7-3-1-2-4-11(16)15-10(13(17)18)8-19-12(15)9-5-6-9/h9-10,12H,1-8,14H2,(H,17,18). The number of rotatable bonds is 7. The minimum atomic E-state index is -0.869. The lowest BCUT2D eigenvalue weighted by Gasteiger charge is -2.27. The Morgan fingerprint density at radius 2 is 2.00 bits per heavy atom. The lowest BCUT2D eigenvalue weighted by molar-refractivity contribution is -0.149. The van der Waals surface area contributed by atoms with Crippen molar-refractivity contribution in [2.45, 2.75) is 49.9 Å². The Bertz CT molecular complexity index is 347. The number of hydrogen-bond donors (Lipinski definition) is 2. The highest BCUT2D eigenvalue weighted by atomic mass is 32.2. The van der Waals surface area contributed by atoms with Crippen molar-refractivity contribution in [2.75, 3.05) is 12.3 Å². The van der Waals surface area contributed by atoms with E-state index in [1.54, 1.807) is 16.7 Å². The number of amides is 1. The number of nitrogens with zero attached hydrogens (tertiary/aromatic N) is 1. The number of unbranched alkanes of at least 4 members (excludes halogenated alkanes) is 2. The van der Waals surface area contributed by atoms with E-state index < -0.39 is 12.0 Å². The number of nitrogens with two attached hydrogens (primary N) is 1. The van der Waals surface area contributed by atoms with E-state index in [0.29, 0.717) is 24.6 Å². The van der Waals surface area contributed by atoms with E-state index in [0.717, 1.165) is 32.1 Å². The summed E-state index contributed by atoms with van der Waals surface area (Å²) in [4.78, 5) is 25.2. The molecule has 0 spiro atoms. The lowest BCUT2D eigenvalue weighted by atomic mass is 10.1. The molecule has 1 heterocycles. The Kier molecular flexibility index (Phi) is 5.10. The molecule has 1 aliphatic heterocycles. The molecule has 3 N–H and O–H groups in total. The van der Waals surface area contributed by atoms with E-state index in [4.69, 9.17) is 5.73 Å². The van der Waals surface area contributed by atoms with Crippen molar-refractivity contribution >= 4 is 23.6 Å². The highest BCUT2D eigenvalue weighted by Gasteiger charge is 2.47. The second-order valence-electron chi connectivity index (χ2n) is 5.32. The molecule has 1 saturated carbocycles. The number of carbonyl (C=O) groups is 2. The molecule has 2 unspecified atom stereocenters. The maximum absolute atomic E-state index is 12.3. The summed E-state index contributed by atoms with van der Waals surface area (Å²) in [6.07, 6.45) is 5.38. The van der Waals surface area contributed by atoms with Gasteiger partial charge in [-0.25, -0.2) is 4.79 Å². The third kappa shape index (κ3) is 3.63. The molecule has 2 atom stereocenters. The molecule has 1 amide bonds. The molecule has 2 aliphatic rings. The van der Waals surface area contributed by atoms with Crippen molar-refractivity contribution in [3.63, 3.8) is 0 Å². The van der Waals surface area contributed by atoms with Crippen LogP contribution in [0.2, 0.25) is 0 Å². The molecule has 5 nitrogen and oxygen atoms in total. The van der Waals surface area contributed by atoms with E-state index in [1.165, 1.54) is 0 Å². The first kappa shape index (κ1) is 14.7. The maximum Gasteiger partial charge on any atom is 0.327 e. The number of carbonyl (C=O) groups excluding carboxylic acids is 1. The van der Waals surface area contributed by atoms with Crippen molar-refractivity contribution in [3.8, 4) is 0 Å². The topological polar surface area (TPSA) is 83.6 Å². The summed E-state index contributed by atoms with van der Waals surface area (Å²) in [5.41, 5.74) is 5.42. The SMILES string of the molecule is NCCCCCC(=O)N1C(C(=O)O)CSC1C1CC1. The molecule has 2 rings (SSSR count). The summed E-state index contributed by atoms with van der Waals surface area (Å²) in [5, 5.41) is 9.34. The van der Waals surface area contributed by atoms with Gasteiger partial charge in [-0.15, -0.1) is 11.8 Å². The monoisotopic (exact) mass is 286 g/mol. The van der Waals surface area contributed by atoms with Crippen LogP contribution in [0, 0.1) is 5.92 Å². The van der Waals surface area contributed by atoms with Crippen molar-refractivity contribution in [1.29, 1.82) is 0 Å². The molecule has 108 valence electrons. The van der Waals surface area contributed by atoms with Gasteiger partial charge in [-0.3, -0.25) is 4.79 Å². The molecule has 0 radical (unpaired) electrons. The average Bonchev–Trinajstić information content (AvgIpc) is 3.12. The molecular formula is C13H22N2O3S. The van der Waals surface area contributed by atoms with Crippen LogP contribution in [0.25, 0.3) is 0 Å². The highest BCUT2D eigenvalue weighted by Crippen LogP contribution is 2.45. The van der Waals surface area contributed by atoms with Gasteiger partial charge in [0.25, 0.3) is 0 Å². The van der Waals surface area contributed by atoms with Gasteiger partial charge in [-0.1, -0.05) is 6.42 Å². The first-order valence-corrected chi connectivity index (χ1v) is 8.05. The van der Waals surface area contributed by atoms with E-state index >= 15 is 0 Å². The minimum Gasteiger partial charge on any atom is -0.480 e. The van der Waals surface area contributed by atoms with Gasteiger partial charge in [0.1, 0.15) is 6.04 Å². The van der Waals surface area contributed by atoms with Crippen LogP contribution in [0.1, 0.15) is 38.5 Å². The van der Waals surface area contributed by atoms with Crippen molar-refractivity contribution in [1.82, 2.24) is 4.90 Å². The zero-order valence-electron chi connectivity index (χ0n) is 11.1. The summed E-state index contributed by atoms with van der Waals surface area (Å²) >= 11 is 1.63.